The van der Waals surface area contributed by atoms with E-state index in [0.29, 0.717) is 11.5 Å². The number of allylic oxidation sites excluding steroid dienone is 2. The standard InChI is InChI=1S/C11H19N/c1-11(2)9(10(11)12)8-6-4-3-5-7-8/h3-4,8-10H,5-7,12H2,1-2H3. The first kappa shape index (κ1) is 8.31. The Kier molecular flexibility index (Phi) is 1.80. The molecule has 1 saturated carbocycles. The van der Waals surface area contributed by atoms with Gasteiger partial charge in [-0.2, -0.15) is 0 Å². The quantitative estimate of drug-likeness (QED) is 0.593. The fraction of sp³-hybridized carbons (Fsp3) is 0.818. The van der Waals surface area contributed by atoms with E-state index >= 15 is 0 Å². The Balaban J connectivity index is 1.99. The van der Waals surface area contributed by atoms with Crippen LogP contribution >= 0.6 is 0 Å². The van der Waals surface area contributed by atoms with E-state index in [2.05, 4.69) is 26.0 Å². The van der Waals surface area contributed by atoms with Gasteiger partial charge >= 0.3 is 0 Å². The van der Waals surface area contributed by atoms with Crippen LogP contribution in [0.3, 0.4) is 0 Å². The second kappa shape index (κ2) is 2.59. The maximum absolute atomic E-state index is 6.05. The number of hydrogen-bond donors (Lipinski definition) is 1. The third kappa shape index (κ3) is 1.11. The van der Waals surface area contributed by atoms with E-state index in [1.807, 2.05) is 0 Å². The van der Waals surface area contributed by atoms with Crippen LogP contribution in [-0.4, -0.2) is 6.04 Å². The van der Waals surface area contributed by atoms with Crippen LogP contribution in [0.4, 0.5) is 0 Å². The molecule has 3 atom stereocenters. The van der Waals surface area contributed by atoms with E-state index in [4.69, 9.17) is 5.73 Å². The molecule has 2 N–H and O–H groups in total. The first-order chi connectivity index (χ1) is 5.64. The second-order valence-electron chi connectivity index (χ2n) is 4.92. The average molecular weight is 165 g/mol. The summed E-state index contributed by atoms with van der Waals surface area (Å²) in [6.07, 6.45) is 8.52. The van der Waals surface area contributed by atoms with E-state index in [1.165, 1.54) is 19.3 Å². The molecular formula is C11H19N. The minimum atomic E-state index is 0.426. The van der Waals surface area contributed by atoms with Gasteiger partial charge in [0.25, 0.3) is 0 Å². The first-order valence-corrected chi connectivity index (χ1v) is 5.04. The normalized spacial score (nSPS) is 44.4. The zero-order chi connectivity index (χ0) is 8.77. The van der Waals surface area contributed by atoms with Gasteiger partial charge in [0.15, 0.2) is 0 Å². The van der Waals surface area contributed by atoms with Gasteiger partial charge in [0.2, 0.25) is 0 Å². The minimum absolute atomic E-state index is 0.426. The van der Waals surface area contributed by atoms with Crippen LogP contribution in [-0.2, 0) is 0 Å². The van der Waals surface area contributed by atoms with Gasteiger partial charge in [0.1, 0.15) is 0 Å². The summed E-state index contributed by atoms with van der Waals surface area (Å²) in [6.45, 7) is 4.61. The van der Waals surface area contributed by atoms with E-state index < -0.39 is 0 Å². The van der Waals surface area contributed by atoms with Gasteiger partial charge in [-0.25, -0.2) is 0 Å². The van der Waals surface area contributed by atoms with Crippen molar-refractivity contribution in [1.29, 1.82) is 0 Å². The van der Waals surface area contributed by atoms with Crippen LogP contribution in [0.15, 0.2) is 12.2 Å². The van der Waals surface area contributed by atoms with Crippen molar-refractivity contribution in [2.45, 2.75) is 39.2 Å². The fourth-order valence-electron chi connectivity index (χ4n) is 2.76. The monoisotopic (exact) mass is 165 g/mol. The number of hydrogen-bond acceptors (Lipinski definition) is 1. The van der Waals surface area contributed by atoms with Gasteiger partial charge in [-0.1, -0.05) is 26.0 Å². The Hall–Kier alpha value is -0.300. The van der Waals surface area contributed by atoms with Crippen LogP contribution in [0.25, 0.3) is 0 Å². The lowest BCUT2D eigenvalue weighted by Crippen LogP contribution is -2.11. The molecular weight excluding hydrogens is 146 g/mol. The molecule has 0 spiro atoms. The molecule has 0 saturated heterocycles. The zero-order valence-corrected chi connectivity index (χ0v) is 8.09. The Bertz CT molecular complexity index is 205. The Morgan fingerprint density at radius 3 is 2.42 bits per heavy atom. The summed E-state index contributed by atoms with van der Waals surface area (Å²) in [5, 5.41) is 0. The van der Waals surface area contributed by atoms with Crippen molar-refractivity contribution in [3.8, 4) is 0 Å². The maximum Gasteiger partial charge on any atom is 0.0130 e. The highest BCUT2D eigenvalue weighted by Crippen LogP contribution is 2.56. The first-order valence-electron chi connectivity index (χ1n) is 5.04. The largest absolute Gasteiger partial charge is 0.327 e. The van der Waals surface area contributed by atoms with Gasteiger partial charge in [0.05, 0.1) is 0 Å². The van der Waals surface area contributed by atoms with Gasteiger partial charge in [-0.05, 0) is 36.5 Å². The average Bonchev–Trinajstić information content (AvgIpc) is 2.53. The van der Waals surface area contributed by atoms with Gasteiger partial charge in [0, 0.05) is 6.04 Å². The van der Waals surface area contributed by atoms with E-state index in [-0.39, 0.29) is 0 Å². The SMILES string of the molecule is CC1(C)C(N)C1C1CC=CCC1. The summed E-state index contributed by atoms with van der Waals surface area (Å²) in [5.74, 6) is 1.67. The summed E-state index contributed by atoms with van der Waals surface area (Å²) in [7, 11) is 0. The van der Waals surface area contributed by atoms with Crippen molar-refractivity contribution in [2.75, 3.05) is 0 Å². The Morgan fingerprint density at radius 2 is 2.00 bits per heavy atom. The molecule has 0 radical (unpaired) electrons. The van der Waals surface area contributed by atoms with Crippen LogP contribution in [0.2, 0.25) is 0 Å². The summed E-state index contributed by atoms with van der Waals surface area (Å²) >= 11 is 0. The molecule has 1 fully saturated rings. The molecule has 0 amide bonds. The molecule has 2 aliphatic carbocycles. The van der Waals surface area contributed by atoms with Crippen molar-refractivity contribution >= 4 is 0 Å². The Labute approximate surface area is 75.0 Å². The highest BCUT2D eigenvalue weighted by atomic mass is 14.8. The molecule has 3 unspecified atom stereocenters. The fourth-order valence-corrected chi connectivity index (χ4v) is 2.76. The molecule has 12 heavy (non-hydrogen) atoms. The highest BCUT2D eigenvalue weighted by molar-refractivity contribution is 5.13. The molecule has 2 aliphatic rings. The summed E-state index contributed by atoms with van der Waals surface area (Å²) < 4.78 is 0. The van der Waals surface area contributed by atoms with Crippen LogP contribution in [0, 0.1) is 17.3 Å². The molecule has 0 aromatic carbocycles. The van der Waals surface area contributed by atoms with Gasteiger partial charge in [-0.3, -0.25) is 0 Å². The summed E-state index contributed by atoms with van der Waals surface area (Å²) in [4.78, 5) is 0. The van der Waals surface area contributed by atoms with Crippen molar-refractivity contribution in [2.24, 2.45) is 23.0 Å². The third-order valence-corrected chi connectivity index (χ3v) is 3.81. The number of nitrogens with two attached hydrogens (primary N) is 1. The van der Waals surface area contributed by atoms with E-state index in [0.717, 1.165) is 11.8 Å². The predicted octanol–water partition coefficient (Wildman–Crippen LogP) is 2.33. The smallest absolute Gasteiger partial charge is 0.0130 e. The lowest BCUT2D eigenvalue weighted by Gasteiger charge is -2.18. The molecule has 0 aromatic rings. The van der Waals surface area contributed by atoms with Crippen molar-refractivity contribution in [1.82, 2.24) is 0 Å². The van der Waals surface area contributed by atoms with Crippen molar-refractivity contribution in [3.63, 3.8) is 0 Å². The molecule has 0 heterocycles. The summed E-state index contributed by atoms with van der Waals surface area (Å²) in [6, 6.07) is 0.467. The summed E-state index contributed by atoms with van der Waals surface area (Å²) in [5.41, 5.74) is 6.48. The van der Waals surface area contributed by atoms with Gasteiger partial charge in [-0.15, -0.1) is 0 Å². The van der Waals surface area contributed by atoms with Crippen LogP contribution < -0.4 is 5.73 Å². The lowest BCUT2D eigenvalue weighted by atomic mass is 9.87. The highest BCUT2D eigenvalue weighted by Gasteiger charge is 2.58. The van der Waals surface area contributed by atoms with Crippen molar-refractivity contribution in [3.05, 3.63) is 12.2 Å². The number of rotatable bonds is 1. The van der Waals surface area contributed by atoms with Crippen LogP contribution in [0.5, 0.6) is 0 Å². The molecule has 2 rings (SSSR count). The van der Waals surface area contributed by atoms with Crippen molar-refractivity contribution < 1.29 is 0 Å². The third-order valence-electron chi connectivity index (χ3n) is 3.81. The lowest BCUT2D eigenvalue weighted by molar-refractivity contribution is 0.365. The second-order valence-corrected chi connectivity index (χ2v) is 4.92. The molecule has 0 aliphatic heterocycles. The molecule has 68 valence electrons. The zero-order valence-electron chi connectivity index (χ0n) is 8.09. The maximum atomic E-state index is 6.05. The topological polar surface area (TPSA) is 26.0 Å². The van der Waals surface area contributed by atoms with Gasteiger partial charge < -0.3 is 5.73 Å². The van der Waals surface area contributed by atoms with Crippen LogP contribution in [0.1, 0.15) is 33.1 Å². The Morgan fingerprint density at radius 1 is 1.33 bits per heavy atom. The molecule has 0 bridgehead atoms. The minimum Gasteiger partial charge on any atom is -0.327 e. The predicted molar refractivity (Wildman–Crippen MR) is 51.7 cm³/mol. The van der Waals surface area contributed by atoms with E-state index in [1.54, 1.807) is 0 Å². The van der Waals surface area contributed by atoms with E-state index in [9.17, 15) is 0 Å². The molecule has 1 nitrogen and oxygen atoms in total. The molecule has 0 aromatic heterocycles. The molecule has 1 heteroatoms.